The number of methoxy groups -OCH3 is 1. The Hall–Kier alpha value is -3.94. The lowest BCUT2D eigenvalue weighted by Crippen LogP contribution is -2.26. The molecule has 0 radical (unpaired) electrons. The van der Waals surface area contributed by atoms with E-state index in [2.05, 4.69) is 5.10 Å². The highest BCUT2D eigenvalue weighted by Gasteiger charge is 2.37. The SMILES string of the molecule is COc1cccc([C@@H]2OC(c3cc(C4CC4)nc4ccccc34)=NN2C(C)=O)c1OC(C)=O. The summed E-state index contributed by atoms with van der Waals surface area (Å²) >= 11 is 0. The van der Waals surface area contributed by atoms with E-state index in [1.54, 1.807) is 18.2 Å². The standard InChI is InChI=1S/C25H23N3O5/c1-14(29)28-25(18-8-6-10-22(31-3)23(18)32-15(2)30)33-24(27-28)19-13-21(16-11-12-16)26-20-9-5-4-7-17(19)20/h4-10,13,16,25H,11-12H2,1-3H3/t25-/m0/s1. The predicted molar refractivity (Wildman–Crippen MR) is 121 cm³/mol. The molecule has 5 rings (SSSR count). The quantitative estimate of drug-likeness (QED) is 0.430. The van der Waals surface area contributed by atoms with Gasteiger partial charge in [-0.2, -0.15) is 5.01 Å². The fraction of sp³-hybridized carbons (Fsp3) is 0.280. The van der Waals surface area contributed by atoms with E-state index in [9.17, 15) is 9.59 Å². The maximum Gasteiger partial charge on any atom is 0.308 e. The molecular weight excluding hydrogens is 422 g/mol. The number of benzene rings is 2. The molecule has 2 heterocycles. The van der Waals surface area contributed by atoms with Gasteiger partial charge in [0.1, 0.15) is 0 Å². The van der Waals surface area contributed by atoms with Crippen LogP contribution in [-0.2, 0) is 14.3 Å². The first-order valence-electron chi connectivity index (χ1n) is 10.8. The zero-order chi connectivity index (χ0) is 23.1. The minimum atomic E-state index is -0.918. The molecule has 3 aromatic rings. The van der Waals surface area contributed by atoms with Gasteiger partial charge in [-0.05, 0) is 37.1 Å². The van der Waals surface area contributed by atoms with Gasteiger partial charge in [-0.15, -0.1) is 5.10 Å². The summed E-state index contributed by atoms with van der Waals surface area (Å²) in [6.45, 7) is 2.72. The molecular formula is C25H23N3O5. The normalized spacial score (nSPS) is 17.5. The highest BCUT2D eigenvalue weighted by Crippen LogP contribution is 2.43. The number of nitrogens with zero attached hydrogens (tertiary/aromatic N) is 3. The van der Waals surface area contributed by atoms with Gasteiger partial charge in [0.2, 0.25) is 18.0 Å². The first-order chi connectivity index (χ1) is 16.0. The number of aromatic nitrogens is 1. The van der Waals surface area contributed by atoms with Crippen LogP contribution >= 0.6 is 0 Å². The molecule has 0 unspecified atom stereocenters. The van der Waals surface area contributed by atoms with E-state index in [1.165, 1.54) is 26.0 Å². The van der Waals surface area contributed by atoms with Crippen LogP contribution in [0.5, 0.6) is 11.5 Å². The molecule has 1 fully saturated rings. The highest BCUT2D eigenvalue weighted by molar-refractivity contribution is 6.07. The van der Waals surface area contributed by atoms with Crippen LogP contribution in [0.25, 0.3) is 10.9 Å². The fourth-order valence-electron chi connectivity index (χ4n) is 3.98. The van der Waals surface area contributed by atoms with Crippen molar-refractivity contribution in [3.8, 4) is 11.5 Å². The number of amides is 1. The Balaban J connectivity index is 1.61. The third-order valence-electron chi connectivity index (χ3n) is 5.67. The highest BCUT2D eigenvalue weighted by atomic mass is 16.6. The lowest BCUT2D eigenvalue weighted by atomic mass is 10.1. The van der Waals surface area contributed by atoms with Crippen molar-refractivity contribution < 1.29 is 23.8 Å². The molecule has 8 heteroatoms. The summed E-state index contributed by atoms with van der Waals surface area (Å²) in [5.41, 5.74) is 3.07. The van der Waals surface area contributed by atoms with Crippen LogP contribution in [0.3, 0.4) is 0 Å². The topological polar surface area (TPSA) is 90.3 Å². The molecule has 0 saturated heterocycles. The van der Waals surface area contributed by atoms with Gasteiger partial charge in [-0.3, -0.25) is 14.6 Å². The summed E-state index contributed by atoms with van der Waals surface area (Å²) in [6, 6.07) is 14.9. The Bertz CT molecular complexity index is 1300. The van der Waals surface area contributed by atoms with Crippen molar-refractivity contribution in [3.05, 3.63) is 65.4 Å². The Morgan fingerprint density at radius 1 is 1.09 bits per heavy atom. The van der Waals surface area contributed by atoms with Crippen LogP contribution in [0.1, 0.15) is 55.7 Å². The minimum Gasteiger partial charge on any atom is -0.493 e. The van der Waals surface area contributed by atoms with Gasteiger partial charge in [0.25, 0.3) is 0 Å². The predicted octanol–water partition coefficient (Wildman–Crippen LogP) is 4.29. The van der Waals surface area contributed by atoms with Crippen LogP contribution < -0.4 is 9.47 Å². The zero-order valence-corrected chi connectivity index (χ0v) is 18.6. The monoisotopic (exact) mass is 445 g/mol. The second kappa shape index (κ2) is 8.20. The molecule has 1 atom stereocenters. The summed E-state index contributed by atoms with van der Waals surface area (Å²) in [4.78, 5) is 29.1. The molecule has 2 aromatic carbocycles. The number of hydrazone groups is 1. The van der Waals surface area contributed by atoms with Crippen LogP contribution in [0.4, 0.5) is 0 Å². The lowest BCUT2D eigenvalue weighted by Gasteiger charge is -2.22. The molecule has 1 aromatic heterocycles. The number of esters is 1. The molecule has 1 aliphatic heterocycles. The first kappa shape index (κ1) is 20.9. The number of hydrogen-bond acceptors (Lipinski definition) is 7. The molecule has 0 spiro atoms. The van der Waals surface area contributed by atoms with E-state index in [1.807, 2.05) is 30.3 Å². The first-order valence-corrected chi connectivity index (χ1v) is 10.8. The van der Waals surface area contributed by atoms with Crippen molar-refractivity contribution in [1.82, 2.24) is 9.99 Å². The van der Waals surface area contributed by atoms with E-state index in [4.69, 9.17) is 19.2 Å². The second-order valence-electron chi connectivity index (χ2n) is 8.10. The smallest absolute Gasteiger partial charge is 0.308 e. The summed E-state index contributed by atoms with van der Waals surface area (Å²) in [6.07, 6.45) is 1.30. The van der Waals surface area contributed by atoms with Gasteiger partial charge >= 0.3 is 5.97 Å². The molecule has 1 aliphatic carbocycles. The average molecular weight is 445 g/mol. The maximum absolute atomic E-state index is 12.5. The van der Waals surface area contributed by atoms with Crippen LogP contribution in [0, 0.1) is 0 Å². The van der Waals surface area contributed by atoms with Gasteiger partial charge in [-0.1, -0.05) is 24.3 Å². The third-order valence-corrected chi connectivity index (χ3v) is 5.67. The molecule has 1 saturated carbocycles. The number of rotatable bonds is 5. The number of carbonyl (C=O) groups excluding carboxylic acids is 2. The molecule has 2 aliphatic rings. The summed E-state index contributed by atoms with van der Waals surface area (Å²) in [7, 11) is 1.48. The van der Waals surface area contributed by atoms with E-state index in [-0.39, 0.29) is 11.7 Å². The molecule has 168 valence electrons. The Kier molecular flexibility index (Phi) is 5.20. The molecule has 1 amide bonds. The Morgan fingerprint density at radius 2 is 1.88 bits per heavy atom. The van der Waals surface area contributed by atoms with E-state index in [0.717, 1.165) is 35.0 Å². The van der Waals surface area contributed by atoms with E-state index >= 15 is 0 Å². The van der Waals surface area contributed by atoms with E-state index < -0.39 is 12.2 Å². The second-order valence-corrected chi connectivity index (χ2v) is 8.10. The number of fused-ring (bicyclic) bond motifs is 1. The van der Waals surface area contributed by atoms with Gasteiger partial charge < -0.3 is 14.2 Å². The summed E-state index contributed by atoms with van der Waals surface area (Å²) in [5.74, 6) is 0.472. The van der Waals surface area contributed by atoms with Crippen LogP contribution in [0.15, 0.2) is 53.6 Å². The summed E-state index contributed by atoms with van der Waals surface area (Å²) < 4.78 is 17.1. The Labute approximate surface area is 190 Å². The number of hydrogen-bond donors (Lipinski definition) is 0. The number of pyridine rings is 1. The van der Waals surface area contributed by atoms with Crippen molar-refractivity contribution in [2.75, 3.05) is 7.11 Å². The number of para-hydroxylation sites is 2. The summed E-state index contributed by atoms with van der Waals surface area (Å²) in [5, 5.41) is 6.67. The molecule has 33 heavy (non-hydrogen) atoms. The molecule has 0 N–H and O–H groups in total. The Morgan fingerprint density at radius 3 is 2.58 bits per heavy atom. The van der Waals surface area contributed by atoms with Crippen molar-refractivity contribution in [2.45, 2.75) is 38.8 Å². The van der Waals surface area contributed by atoms with Crippen LogP contribution in [0.2, 0.25) is 0 Å². The van der Waals surface area contributed by atoms with Crippen molar-refractivity contribution >= 4 is 28.7 Å². The van der Waals surface area contributed by atoms with Crippen molar-refractivity contribution in [3.63, 3.8) is 0 Å². The average Bonchev–Trinajstić information content (AvgIpc) is 3.56. The third kappa shape index (κ3) is 3.88. The van der Waals surface area contributed by atoms with Crippen LogP contribution in [-0.4, -0.2) is 34.9 Å². The lowest BCUT2D eigenvalue weighted by molar-refractivity contribution is -0.135. The van der Waals surface area contributed by atoms with E-state index in [0.29, 0.717) is 23.1 Å². The van der Waals surface area contributed by atoms with Crippen molar-refractivity contribution in [1.29, 1.82) is 0 Å². The minimum absolute atomic E-state index is 0.193. The number of ether oxygens (including phenoxy) is 3. The maximum atomic E-state index is 12.5. The van der Waals surface area contributed by atoms with Crippen molar-refractivity contribution in [2.24, 2.45) is 5.10 Å². The zero-order valence-electron chi connectivity index (χ0n) is 18.6. The van der Waals surface area contributed by atoms with Gasteiger partial charge in [0.15, 0.2) is 11.5 Å². The van der Waals surface area contributed by atoms with Gasteiger partial charge in [0, 0.05) is 36.4 Å². The fourth-order valence-corrected chi connectivity index (χ4v) is 3.98. The molecule has 8 nitrogen and oxygen atoms in total. The molecule has 0 bridgehead atoms. The number of carbonyl (C=O) groups is 2. The van der Waals surface area contributed by atoms with Gasteiger partial charge in [0.05, 0.1) is 18.2 Å². The van der Waals surface area contributed by atoms with Gasteiger partial charge in [-0.25, -0.2) is 0 Å². The largest absolute Gasteiger partial charge is 0.493 e.